The largest absolute Gasteiger partial charge is 0.493 e. The van der Waals surface area contributed by atoms with E-state index in [9.17, 15) is 9.42 Å². The van der Waals surface area contributed by atoms with Gasteiger partial charge in [0.2, 0.25) is 0 Å². The van der Waals surface area contributed by atoms with Crippen molar-refractivity contribution in [3.8, 4) is 11.5 Å². The second-order valence-corrected chi connectivity index (χ2v) is 8.35. The number of benzene rings is 3. The lowest BCUT2D eigenvalue weighted by atomic mass is 10.1. The monoisotopic (exact) mass is 425 g/mol. The molecule has 2 atom stereocenters. The molecule has 3 aromatic rings. The van der Waals surface area contributed by atoms with Crippen molar-refractivity contribution in [2.75, 3.05) is 26.5 Å². The summed E-state index contributed by atoms with van der Waals surface area (Å²) in [6.07, 6.45) is 0.609. The van der Waals surface area contributed by atoms with Crippen LogP contribution in [0, 0.1) is 0 Å². The number of ether oxygens (including phenoxy) is 2. The molecule has 30 heavy (non-hydrogen) atoms. The molecule has 0 saturated heterocycles. The Labute approximate surface area is 180 Å². The van der Waals surface area contributed by atoms with Crippen molar-refractivity contribution in [3.63, 3.8) is 0 Å². The first-order chi connectivity index (χ1) is 14.6. The van der Waals surface area contributed by atoms with E-state index in [1.807, 2.05) is 78.9 Å². The van der Waals surface area contributed by atoms with Gasteiger partial charge in [0, 0.05) is 11.4 Å². The molecule has 0 unspecified atom stereocenters. The number of hydrogen-bond acceptors (Lipinski definition) is 5. The molecule has 0 aromatic heterocycles. The Morgan fingerprint density at radius 2 is 1.53 bits per heavy atom. The van der Waals surface area contributed by atoms with Gasteiger partial charge in [-0.1, -0.05) is 54.6 Å². The number of rotatable bonds is 10. The minimum absolute atomic E-state index is 0.302. The average Bonchev–Trinajstić information content (AvgIpc) is 2.81. The van der Waals surface area contributed by atoms with Crippen LogP contribution in [-0.4, -0.2) is 41.0 Å². The van der Waals surface area contributed by atoms with E-state index in [-0.39, 0.29) is 6.04 Å². The van der Waals surface area contributed by atoms with Crippen molar-refractivity contribution in [1.29, 1.82) is 0 Å². The van der Waals surface area contributed by atoms with Gasteiger partial charge in [-0.2, -0.15) is 5.06 Å². The van der Waals surface area contributed by atoms with Gasteiger partial charge in [-0.05, 0) is 41.8 Å². The summed E-state index contributed by atoms with van der Waals surface area (Å²) in [5.74, 6) is 1.63. The van der Waals surface area contributed by atoms with E-state index in [0.717, 1.165) is 16.0 Å². The van der Waals surface area contributed by atoms with E-state index >= 15 is 0 Å². The SMILES string of the molecule is COc1ccc(CCN(O)[C@H](C[S@@](=O)c2ccccc2)c2ccccc2)cc1OC. The van der Waals surface area contributed by atoms with Crippen molar-refractivity contribution in [1.82, 2.24) is 5.06 Å². The van der Waals surface area contributed by atoms with E-state index in [1.54, 1.807) is 14.2 Å². The standard InChI is InChI=1S/C24H27NO4S/c1-28-23-14-13-19(17-24(23)29-2)15-16-25(26)22(20-9-5-3-6-10-20)18-30(27)21-11-7-4-8-12-21/h3-14,17,22,26H,15-16,18H2,1-2H3/t22-,30-/m1/s1. The normalized spacial score (nSPS) is 13.1. The summed E-state index contributed by atoms with van der Waals surface area (Å²) in [7, 11) is 1.97. The molecule has 0 radical (unpaired) electrons. The Bertz CT molecular complexity index is 950. The lowest BCUT2D eigenvalue weighted by molar-refractivity contribution is -0.121. The highest BCUT2D eigenvalue weighted by Crippen LogP contribution is 2.28. The van der Waals surface area contributed by atoms with E-state index in [1.165, 1.54) is 5.06 Å². The van der Waals surface area contributed by atoms with Crippen LogP contribution in [0.2, 0.25) is 0 Å². The lowest BCUT2D eigenvalue weighted by Gasteiger charge is -2.26. The van der Waals surface area contributed by atoms with E-state index in [2.05, 4.69) is 0 Å². The van der Waals surface area contributed by atoms with Crippen LogP contribution in [0.4, 0.5) is 0 Å². The maximum Gasteiger partial charge on any atom is 0.160 e. The zero-order chi connectivity index (χ0) is 21.3. The predicted octanol–water partition coefficient (Wildman–Crippen LogP) is 4.49. The molecule has 0 bridgehead atoms. The van der Waals surface area contributed by atoms with E-state index < -0.39 is 10.8 Å². The van der Waals surface area contributed by atoms with Gasteiger partial charge in [-0.3, -0.25) is 4.21 Å². The van der Waals surface area contributed by atoms with Crippen molar-refractivity contribution in [2.45, 2.75) is 17.4 Å². The highest BCUT2D eigenvalue weighted by atomic mass is 32.2. The van der Waals surface area contributed by atoms with Crippen molar-refractivity contribution in [2.24, 2.45) is 0 Å². The smallest absolute Gasteiger partial charge is 0.160 e. The van der Waals surface area contributed by atoms with E-state index in [0.29, 0.717) is 30.2 Å². The zero-order valence-corrected chi connectivity index (χ0v) is 18.0. The van der Waals surface area contributed by atoms with Crippen LogP contribution >= 0.6 is 0 Å². The first-order valence-corrected chi connectivity index (χ1v) is 11.1. The third-order valence-electron chi connectivity index (χ3n) is 4.94. The molecule has 0 fully saturated rings. The maximum atomic E-state index is 12.9. The lowest BCUT2D eigenvalue weighted by Crippen LogP contribution is -2.31. The Morgan fingerprint density at radius 3 is 2.17 bits per heavy atom. The Hall–Kier alpha value is -2.67. The van der Waals surface area contributed by atoms with Crippen LogP contribution < -0.4 is 9.47 Å². The van der Waals surface area contributed by atoms with Gasteiger partial charge in [0.15, 0.2) is 11.5 Å². The Morgan fingerprint density at radius 1 is 0.900 bits per heavy atom. The van der Waals surface area contributed by atoms with Crippen LogP contribution in [0.15, 0.2) is 83.8 Å². The second-order valence-electron chi connectivity index (χ2n) is 6.85. The fourth-order valence-corrected chi connectivity index (χ4v) is 4.58. The highest BCUT2D eigenvalue weighted by Gasteiger charge is 2.22. The summed E-state index contributed by atoms with van der Waals surface area (Å²) in [5, 5.41) is 12.2. The van der Waals surface area contributed by atoms with Crippen molar-refractivity contribution < 1.29 is 18.9 Å². The minimum atomic E-state index is -1.23. The number of methoxy groups -OCH3 is 2. The summed E-state index contributed by atoms with van der Waals surface area (Å²) in [6, 6.07) is 24.4. The molecule has 0 saturated carbocycles. The van der Waals surface area contributed by atoms with Gasteiger partial charge in [0.25, 0.3) is 0 Å². The van der Waals surface area contributed by atoms with Crippen molar-refractivity contribution in [3.05, 3.63) is 90.0 Å². The number of hydrogen-bond donors (Lipinski definition) is 1. The first kappa shape index (κ1) is 22.0. The molecular weight excluding hydrogens is 398 g/mol. The number of nitrogens with zero attached hydrogens (tertiary/aromatic N) is 1. The molecule has 0 heterocycles. The molecule has 0 aliphatic rings. The summed E-state index contributed by atoms with van der Waals surface area (Å²) in [5.41, 5.74) is 1.94. The molecule has 3 rings (SSSR count). The maximum absolute atomic E-state index is 12.9. The van der Waals surface area contributed by atoms with Crippen LogP contribution in [0.1, 0.15) is 17.2 Å². The number of hydroxylamine groups is 2. The molecule has 158 valence electrons. The van der Waals surface area contributed by atoms with Crippen LogP contribution in [0.5, 0.6) is 11.5 Å². The van der Waals surface area contributed by atoms with Gasteiger partial charge in [0.1, 0.15) is 0 Å². The van der Waals surface area contributed by atoms with Gasteiger partial charge >= 0.3 is 0 Å². The molecule has 5 nitrogen and oxygen atoms in total. The molecular formula is C24H27NO4S. The van der Waals surface area contributed by atoms with Gasteiger partial charge in [0.05, 0.1) is 36.8 Å². The second kappa shape index (κ2) is 10.9. The Kier molecular flexibility index (Phi) is 8.02. The molecule has 1 N–H and O–H groups in total. The Balaban J connectivity index is 1.74. The third-order valence-corrected chi connectivity index (χ3v) is 6.35. The van der Waals surface area contributed by atoms with Gasteiger partial charge < -0.3 is 14.7 Å². The summed E-state index contributed by atoms with van der Waals surface area (Å²) >= 11 is 0. The first-order valence-electron chi connectivity index (χ1n) is 9.77. The fourth-order valence-electron chi connectivity index (χ4n) is 3.28. The summed E-state index contributed by atoms with van der Waals surface area (Å²) in [6.45, 7) is 0.390. The van der Waals surface area contributed by atoms with Gasteiger partial charge in [-0.25, -0.2) is 0 Å². The summed E-state index contributed by atoms with van der Waals surface area (Å²) in [4.78, 5) is 0.756. The fraction of sp³-hybridized carbons (Fsp3) is 0.250. The predicted molar refractivity (Wildman–Crippen MR) is 119 cm³/mol. The quantitative estimate of drug-likeness (QED) is 0.485. The highest BCUT2D eigenvalue weighted by molar-refractivity contribution is 7.85. The molecule has 0 spiro atoms. The van der Waals surface area contributed by atoms with Crippen molar-refractivity contribution >= 4 is 10.8 Å². The zero-order valence-electron chi connectivity index (χ0n) is 17.2. The molecule has 3 aromatic carbocycles. The minimum Gasteiger partial charge on any atom is -0.493 e. The molecule has 0 amide bonds. The molecule has 6 heteroatoms. The molecule has 0 aliphatic carbocycles. The third kappa shape index (κ3) is 5.69. The average molecular weight is 426 g/mol. The van der Waals surface area contributed by atoms with Crippen LogP contribution in [0.3, 0.4) is 0 Å². The van der Waals surface area contributed by atoms with Crippen LogP contribution in [-0.2, 0) is 17.2 Å². The van der Waals surface area contributed by atoms with Gasteiger partial charge in [-0.15, -0.1) is 0 Å². The molecule has 0 aliphatic heterocycles. The topological polar surface area (TPSA) is 59.0 Å². The summed E-state index contributed by atoms with van der Waals surface area (Å²) < 4.78 is 23.5. The van der Waals surface area contributed by atoms with Crippen LogP contribution in [0.25, 0.3) is 0 Å². The van der Waals surface area contributed by atoms with E-state index in [4.69, 9.17) is 9.47 Å².